The Morgan fingerprint density at radius 1 is 1.57 bits per heavy atom. The summed E-state index contributed by atoms with van der Waals surface area (Å²) in [6.07, 6.45) is -0.929. The molecular formula is C9H15FINO2. The van der Waals surface area contributed by atoms with E-state index in [1.807, 2.05) is 0 Å². The van der Waals surface area contributed by atoms with E-state index in [1.165, 1.54) is 4.90 Å². The van der Waals surface area contributed by atoms with Crippen molar-refractivity contribution in [2.24, 2.45) is 0 Å². The fraction of sp³-hybridized carbons (Fsp3) is 0.889. The third kappa shape index (κ3) is 3.25. The van der Waals surface area contributed by atoms with Crippen LogP contribution in [-0.4, -0.2) is 33.4 Å². The van der Waals surface area contributed by atoms with Crippen LogP contribution < -0.4 is 0 Å². The van der Waals surface area contributed by atoms with Gasteiger partial charge in [-0.3, -0.25) is 4.90 Å². The normalized spacial score (nSPS) is 27.9. The van der Waals surface area contributed by atoms with E-state index in [4.69, 9.17) is 4.74 Å². The zero-order valence-electron chi connectivity index (χ0n) is 8.59. The lowest BCUT2D eigenvalue weighted by Crippen LogP contribution is -2.37. The van der Waals surface area contributed by atoms with Crippen LogP contribution in [0.25, 0.3) is 0 Å². The van der Waals surface area contributed by atoms with Crippen molar-refractivity contribution in [3.05, 3.63) is 0 Å². The van der Waals surface area contributed by atoms with Crippen LogP contribution in [0.4, 0.5) is 9.18 Å². The first-order valence-electron chi connectivity index (χ1n) is 4.57. The molecule has 14 heavy (non-hydrogen) atoms. The summed E-state index contributed by atoms with van der Waals surface area (Å²) < 4.78 is 18.0. The molecule has 0 spiro atoms. The number of carbonyl (C=O) groups excluding carboxylic acids is 1. The summed E-state index contributed by atoms with van der Waals surface area (Å²) >= 11 is 2.06. The van der Waals surface area contributed by atoms with Crippen LogP contribution >= 0.6 is 22.6 Å². The monoisotopic (exact) mass is 315 g/mol. The van der Waals surface area contributed by atoms with Gasteiger partial charge < -0.3 is 4.74 Å². The molecule has 82 valence electrons. The minimum atomic E-state index is -0.913. The predicted molar refractivity (Wildman–Crippen MR) is 60.3 cm³/mol. The highest BCUT2D eigenvalue weighted by Crippen LogP contribution is 2.26. The highest BCUT2D eigenvalue weighted by Gasteiger charge is 2.35. The Hall–Kier alpha value is -0.0700. The molecule has 1 heterocycles. The molecule has 1 aliphatic rings. The van der Waals surface area contributed by atoms with Crippen LogP contribution in [0.15, 0.2) is 0 Å². The maximum absolute atomic E-state index is 13.0. The van der Waals surface area contributed by atoms with Crippen LogP contribution in [0, 0.1) is 0 Å². The van der Waals surface area contributed by atoms with Gasteiger partial charge in [0.25, 0.3) is 0 Å². The average molecular weight is 315 g/mol. The Kier molecular flexibility index (Phi) is 3.60. The number of carbonyl (C=O) groups is 1. The highest BCUT2D eigenvalue weighted by atomic mass is 127. The molecule has 0 aromatic rings. The number of alkyl halides is 2. The van der Waals surface area contributed by atoms with E-state index in [0.717, 1.165) is 0 Å². The summed E-state index contributed by atoms with van der Waals surface area (Å²) in [6, 6.07) is 0. The molecule has 1 saturated heterocycles. The SMILES string of the molecule is CC(C)(C)OC(=O)N1CC(F)C[C@H]1I. The molecule has 0 radical (unpaired) electrons. The second-order valence-electron chi connectivity index (χ2n) is 4.40. The molecule has 2 atom stereocenters. The Morgan fingerprint density at radius 2 is 2.14 bits per heavy atom. The second-order valence-corrected chi connectivity index (χ2v) is 5.84. The molecule has 0 N–H and O–H groups in total. The van der Waals surface area contributed by atoms with E-state index in [2.05, 4.69) is 22.6 Å². The largest absolute Gasteiger partial charge is 0.444 e. The number of nitrogens with zero attached hydrogens (tertiary/aromatic N) is 1. The van der Waals surface area contributed by atoms with Crippen molar-refractivity contribution in [2.45, 2.75) is 43.0 Å². The summed E-state index contributed by atoms with van der Waals surface area (Å²) in [6.45, 7) is 5.56. The van der Waals surface area contributed by atoms with Gasteiger partial charge in [-0.1, -0.05) is 22.6 Å². The zero-order chi connectivity index (χ0) is 10.9. The van der Waals surface area contributed by atoms with Gasteiger partial charge in [0.2, 0.25) is 0 Å². The molecular weight excluding hydrogens is 300 g/mol. The Bertz CT molecular complexity index is 229. The molecule has 1 amide bonds. The minimum absolute atomic E-state index is 0.0857. The number of rotatable bonds is 0. The quantitative estimate of drug-likeness (QED) is 0.391. The van der Waals surface area contributed by atoms with Crippen LogP contribution in [-0.2, 0) is 4.74 Å². The van der Waals surface area contributed by atoms with Crippen molar-refractivity contribution in [1.29, 1.82) is 0 Å². The van der Waals surface area contributed by atoms with Crippen molar-refractivity contribution in [1.82, 2.24) is 4.90 Å². The van der Waals surface area contributed by atoms with Gasteiger partial charge in [-0.25, -0.2) is 9.18 Å². The molecule has 1 fully saturated rings. The van der Waals surface area contributed by atoms with Gasteiger partial charge in [-0.05, 0) is 20.8 Å². The lowest BCUT2D eigenvalue weighted by molar-refractivity contribution is 0.0275. The zero-order valence-corrected chi connectivity index (χ0v) is 10.7. The maximum atomic E-state index is 13.0. The fourth-order valence-electron chi connectivity index (χ4n) is 1.25. The third-order valence-electron chi connectivity index (χ3n) is 1.81. The summed E-state index contributed by atoms with van der Waals surface area (Å²) in [5, 5.41) is 0. The highest BCUT2D eigenvalue weighted by molar-refractivity contribution is 14.1. The molecule has 1 aliphatic heterocycles. The van der Waals surface area contributed by atoms with E-state index in [-0.39, 0.29) is 10.6 Å². The topological polar surface area (TPSA) is 29.5 Å². The summed E-state index contributed by atoms with van der Waals surface area (Å²) in [4.78, 5) is 13.0. The number of amides is 1. The minimum Gasteiger partial charge on any atom is -0.444 e. The van der Waals surface area contributed by atoms with Crippen LogP contribution in [0.5, 0.6) is 0 Å². The molecule has 0 bridgehead atoms. The number of hydrogen-bond acceptors (Lipinski definition) is 2. The first-order chi connectivity index (χ1) is 6.29. The van der Waals surface area contributed by atoms with E-state index < -0.39 is 17.9 Å². The lowest BCUT2D eigenvalue weighted by atomic mass is 10.2. The first kappa shape index (κ1) is 12.0. The van der Waals surface area contributed by atoms with Gasteiger partial charge >= 0.3 is 6.09 Å². The van der Waals surface area contributed by atoms with E-state index >= 15 is 0 Å². The van der Waals surface area contributed by atoms with Gasteiger partial charge in [0.05, 0.1) is 10.6 Å². The van der Waals surface area contributed by atoms with Gasteiger partial charge in [-0.2, -0.15) is 0 Å². The molecule has 1 rings (SSSR count). The molecule has 0 aromatic heterocycles. The van der Waals surface area contributed by atoms with Crippen molar-refractivity contribution < 1.29 is 13.9 Å². The van der Waals surface area contributed by atoms with Gasteiger partial charge in [-0.15, -0.1) is 0 Å². The third-order valence-corrected chi connectivity index (χ3v) is 2.99. The Balaban J connectivity index is 2.53. The van der Waals surface area contributed by atoms with E-state index in [1.54, 1.807) is 20.8 Å². The van der Waals surface area contributed by atoms with Crippen molar-refractivity contribution in [2.75, 3.05) is 6.54 Å². The molecule has 0 aromatic carbocycles. The number of halogens is 2. The average Bonchev–Trinajstić information content (AvgIpc) is 2.26. The van der Waals surface area contributed by atoms with E-state index in [9.17, 15) is 9.18 Å². The molecule has 5 heteroatoms. The van der Waals surface area contributed by atoms with Crippen LogP contribution in [0.2, 0.25) is 0 Å². The molecule has 3 nitrogen and oxygen atoms in total. The van der Waals surface area contributed by atoms with Gasteiger partial charge in [0.1, 0.15) is 11.8 Å². The standard InChI is InChI=1S/C9H15FINO2/c1-9(2,3)14-8(13)12-5-6(10)4-7(12)11/h6-7H,4-5H2,1-3H3/t6?,7-/m0/s1. The number of hydrogen-bond donors (Lipinski definition) is 0. The van der Waals surface area contributed by atoms with Crippen LogP contribution in [0.3, 0.4) is 0 Å². The molecule has 0 saturated carbocycles. The summed E-state index contributed by atoms with van der Waals surface area (Å²) in [5.41, 5.74) is -0.512. The number of ether oxygens (including phenoxy) is 1. The first-order valence-corrected chi connectivity index (χ1v) is 5.82. The summed E-state index contributed by atoms with van der Waals surface area (Å²) in [7, 11) is 0. The van der Waals surface area contributed by atoms with E-state index in [0.29, 0.717) is 6.42 Å². The smallest absolute Gasteiger partial charge is 0.411 e. The van der Waals surface area contributed by atoms with Crippen molar-refractivity contribution in [3.8, 4) is 0 Å². The predicted octanol–water partition coefficient (Wildman–Crippen LogP) is 2.73. The number of likely N-dealkylation sites (tertiary alicyclic amines) is 1. The summed E-state index contributed by atoms with van der Waals surface area (Å²) in [5.74, 6) is 0. The van der Waals surface area contributed by atoms with Gasteiger partial charge in [0, 0.05) is 6.42 Å². The van der Waals surface area contributed by atoms with Crippen molar-refractivity contribution >= 4 is 28.7 Å². The van der Waals surface area contributed by atoms with Crippen LogP contribution in [0.1, 0.15) is 27.2 Å². The fourth-order valence-corrected chi connectivity index (χ4v) is 2.26. The lowest BCUT2D eigenvalue weighted by Gasteiger charge is -2.25. The van der Waals surface area contributed by atoms with Crippen molar-refractivity contribution in [3.63, 3.8) is 0 Å². The maximum Gasteiger partial charge on any atom is 0.411 e. The Labute approximate surface area is 97.1 Å². The molecule has 0 aliphatic carbocycles. The van der Waals surface area contributed by atoms with Gasteiger partial charge in [0.15, 0.2) is 0 Å². The second kappa shape index (κ2) is 4.20. The molecule has 1 unspecified atom stereocenters. The Morgan fingerprint density at radius 3 is 2.50 bits per heavy atom.